The first kappa shape index (κ1) is 12.1. The van der Waals surface area contributed by atoms with Gasteiger partial charge in [-0.3, -0.25) is 0 Å². The molecule has 1 nitrogen and oxygen atoms in total. The third-order valence-corrected chi connectivity index (χ3v) is 2.85. The number of rotatable bonds is 2. The molecule has 1 atom stereocenters. The summed E-state index contributed by atoms with van der Waals surface area (Å²) in [6.45, 7) is 2.05. The molecule has 82 valence electrons. The van der Waals surface area contributed by atoms with Crippen LogP contribution in [-0.4, -0.2) is 6.04 Å². The summed E-state index contributed by atoms with van der Waals surface area (Å²) in [5.41, 5.74) is 3.05. The SMILES string of the molecule is C/C=C\NC1CCc2ccccc2C1.Cl. The number of hydrogen-bond donors (Lipinski definition) is 1. The van der Waals surface area contributed by atoms with Crippen LogP contribution >= 0.6 is 12.4 Å². The molecule has 2 heteroatoms. The standard InChI is InChI=1S/C13H17N.ClH/c1-2-9-14-13-8-7-11-5-3-4-6-12(11)10-13;/h2-6,9,13-14H,7-8,10H2,1H3;1H/b9-2-;. The van der Waals surface area contributed by atoms with E-state index in [4.69, 9.17) is 0 Å². The number of nitrogens with one attached hydrogen (secondary N) is 1. The Labute approximate surface area is 98.0 Å². The molecule has 0 saturated heterocycles. The molecule has 0 aliphatic heterocycles. The zero-order valence-electron chi connectivity index (χ0n) is 9.07. The van der Waals surface area contributed by atoms with E-state index in [1.165, 1.54) is 30.4 Å². The van der Waals surface area contributed by atoms with Gasteiger partial charge in [0.1, 0.15) is 0 Å². The quantitative estimate of drug-likeness (QED) is 0.813. The molecule has 0 heterocycles. The predicted octanol–water partition coefficient (Wildman–Crippen LogP) is 3.09. The van der Waals surface area contributed by atoms with Crippen LogP contribution in [0.15, 0.2) is 36.5 Å². The van der Waals surface area contributed by atoms with Crippen molar-refractivity contribution in [2.45, 2.75) is 32.2 Å². The van der Waals surface area contributed by atoms with Crippen LogP contribution in [0, 0.1) is 0 Å². The predicted molar refractivity (Wildman–Crippen MR) is 67.5 cm³/mol. The van der Waals surface area contributed by atoms with E-state index in [9.17, 15) is 0 Å². The normalized spacial score (nSPS) is 19.4. The maximum atomic E-state index is 3.43. The first-order valence-electron chi connectivity index (χ1n) is 5.34. The van der Waals surface area contributed by atoms with Crippen molar-refractivity contribution in [2.75, 3.05) is 0 Å². The van der Waals surface area contributed by atoms with Gasteiger partial charge in [0.2, 0.25) is 0 Å². The second-order valence-electron chi connectivity index (χ2n) is 3.88. The molecule has 0 fully saturated rings. The van der Waals surface area contributed by atoms with E-state index in [1.807, 2.05) is 6.92 Å². The fourth-order valence-corrected chi connectivity index (χ4v) is 2.07. The average molecular weight is 224 g/mol. The second-order valence-corrected chi connectivity index (χ2v) is 3.88. The minimum absolute atomic E-state index is 0. The highest BCUT2D eigenvalue weighted by atomic mass is 35.5. The van der Waals surface area contributed by atoms with Crippen LogP contribution in [0.4, 0.5) is 0 Å². The average Bonchev–Trinajstić information content (AvgIpc) is 2.26. The van der Waals surface area contributed by atoms with Crippen molar-refractivity contribution in [2.24, 2.45) is 0 Å². The van der Waals surface area contributed by atoms with E-state index in [0.717, 1.165) is 0 Å². The number of fused-ring (bicyclic) bond motifs is 1. The number of hydrogen-bond acceptors (Lipinski definition) is 1. The van der Waals surface area contributed by atoms with E-state index in [0.29, 0.717) is 6.04 Å². The summed E-state index contributed by atoms with van der Waals surface area (Å²) >= 11 is 0. The highest BCUT2D eigenvalue weighted by Crippen LogP contribution is 2.20. The molecule has 0 bridgehead atoms. The summed E-state index contributed by atoms with van der Waals surface area (Å²) in [6, 6.07) is 9.40. The summed E-state index contributed by atoms with van der Waals surface area (Å²) in [5.74, 6) is 0. The van der Waals surface area contributed by atoms with Crippen LogP contribution in [0.3, 0.4) is 0 Å². The van der Waals surface area contributed by atoms with Gasteiger partial charge in [0, 0.05) is 6.04 Å². The van der Waals surface area contributed by atoms with Gasteiger partial charge in [0.05, 0.1) is 0 Å². The Morgan fingerprint density at radius 3 is 2.73 bits per heavy atom. The first-order valence-corrected chi connectivity index (χ1v) is 5.34. The molecule has 1 aromatic rings. The van der Waals surface area contributed by atoms with Gasteiger partial charge in [-0.05, 0) is 43.5 Å². The summed E-state index contributed by atoms with van der Waals surface area (Å²) in [5, 5.41) is 3.43. The molecule has 0 spiro atoms. The van der Waals surface area contributed by atoms with Crippen LogP contribution in [0.5, 0.6) is 0 Å². The molecule has 0 radical (unpaired) electrons. The third-order valence-electron chi connectivity index (χ3n) is 2.85. The molecule has 2 rings (SSSR count). The lowest BCUT2D eigenvalue weighted by Gasteiger charge is -2.24. The Morgan fingerprint density at radius 1 is 1.27 bits per heavy atom. The lowest BCUT2D eigenvalue weighted by atomic mass is 9.88. The van der Waals surface area contributed by atoms with Crippen LogP contribution < -0.4 is 5.32 Å². The molecule has 15 heavy (non-hydrogen) atoms. The maximum Gasteiger partial charge on any atom is 0.0299 e. The number of aryl methyl sites for hydroxylation is 1. The van der Waals surface area contributed by atoms with Gasteiger partial charge in [0.25, 0.3) is 0 Å². The highest BCUT2D eigenvalue weighted by molar-refractivity contribution is 5.85. The summed E-state index contributed by atoms with van der Waals surface area (Å²) < 4.78 is 0. The Bertz CT molecular complexity index is 333. The molecule has 0 aromatic heterocycles. The van der Waals surface area contributed by atoms with Gasteiger partial charge in [-0.1, -0.05) is 30.3 Å². The Kier molecular flexibility index (Phi) is 4.70. The van der Waals surface area contributed by atoms with E-state index in [-0.39, 0.29) is 12.4 Å². The molecule has 1 aliphatic carbocycles. The second kappa shape index (κ2) is 5.82. The van der Waals surface area contributed by atoms with Crippen molar-refractivity contribution in [3.05, 3.63) is 47.7 Å². The number of benzene rings is 1. The fraction of sp³-hybridized carbons (Fsp3) is 0.385. The molecular weight excluding hydrogens is 206 g/mol. The largest absolute Gasteiger partial charge is 0.388 e. The van der Waals surface area contributed by atoms with E-state index < -0.39 is 0 Å². The van der Waals surface area contributed by atoms with Gasteiger partial charge in [0.15, 0.2) is 0 Å². The smallest absolute Gasteiger partial charge is 0.0299 e. The van der Waals surface area contributed by atoms with Crippen molar-refractivity contribution in [1.82, 2.24) is 5.32 Å². The highest BCUT2D eigenvalue weighted by Gasteiger charge is 2.16. The van der Waals surface area contributed by atoms with Crippen LogP contribution in [0.1, 0.15) is 24.5 Å². The van der Waals surface area contributed by atoms with Crippen molar-refractivity contribution in [3.63, 3.8) is 0 Å². The Morgan fingerprint density at radius 2 is 2.00 bits per heavy atom. The van der Waals surface area contributed by atoms with Crippen LogP contribution in [-0.2, 0) is 12.8 Å². The molecule has 1 aromatic carbocycles. The topological polar surface area (TPSA) is 12.0 Å². The van der Waals surface area contributed by atoms with Crippen LogP contribution in [0.2, 0.25) is 0 Å². The summed E-state index contributed by atoms with van der Waals surface area (Å²) in [6.07, 6.45) is 7.74. The Balaban J connectivity index is 0.00000112. The third kappa shape index (κ3) is 3.00. The minimum atomic E-state index is 0. The summed E-state index contributed by atoms with van der Waals surface area (Å²) in [4.78, 5) is 0. The molecule has 1 aliphatic rings. The van der Waals surface area contributed by atoms with Crippen molar-refractivity contribution in [1.29, 1.82) is 0 Å². The number of halogens is 1. The zero-order valence-corrected chi connectivity index (χ0v) is 9.89. The monoisotopic (exact) mass is 223 g/mol. The molecule has 1 unspecified atom stereocenters. The summed E-state index contributed by atoms with van der Waals surface area (Å²) in [7, 11) is 0. The molecule has 0 amide bonds. The van der Waals surface area contributed by atoms with Gasteiger partial charge in [-0.2, -0.15) is 0 Å². The molecule has 0 saturated carbocycles. The van der Waals surface area contributed by atoms with Gasteiger partial charge >= 0.3 is 0 Å². The first-order chi connectivity index (χ1) is 6.90. The van der Waals surface area contributed by atoms with Gasteiger partial charge in [-0.25, -0.2) is 0 Å². The van der Waals surface area contributed by atoms with Gasteiger partial charge in [-0.15, -0.1) is 12.4 Å². The van der Waals surface area contributed by atoms with E-state index in [2.05, 4.69) is 41.9 Å². The maximum absolute atomic E-state index is 3.43. The lowest BCUT2D eigenvalue weighted by Crippen LogP contribution is -2.30. The van der Waals surface area contributed by atoms with Crippen molar-refractivity contribution < 1.29 is 0 Å². The minimum Gasteiger partial charge on any atom is -0.388 e. The Hall–Kier alpha value is -0.950. The molecular formula is C13H18ClN. The fourth-order valence-electron chi connectivity index (χ4n) is 2.07. The lowest BCUT2D eigenvalue weighted by molar-refractivity contribution is 0.513. The van der Waals surface area contributed by atoms with Gasteiger partial charge < -0.3 is 5.32 Å². The van der Waals surface area contributed by atoms with E-state index in [1.54, 1.807) is 0 Å². The number of allylic oxidation sites excluding steroid dienone is 1. The molecule has 1 N–H and O–H groups in total. The van der Waals surface area contributed by atoms with Crippen molar-refractivity contribution >= 4 is 12.4 Å². The van der Waals surface area contributed by atoms with Crippen molar-refractivity contribution in [3.8, 4) is 0 Å². The zero-order chi connectivity index (χ0) is 9.80. The van der Waals surface area contributed by atoms with E-state index >= 15 is 0 Å². The van der Waals surface area contributed by atoms with Crippen LogP contribution in [0.25, 0.3) is 0 Å².